The maximum Gasteiger partial charge on any atom is 0.259 e. The first-order valence-electron chi connectivity index (χ1n) is 9.84. The number of nitriles is 1. The highest BCUT2D eigenvalue weighted by molar-refractivity contribution is 7.89. The number of carbonyl (C=O) groups is 1. The van der Waals surface area contributed by atoms with E-state index in [-0.39, 0.29) is 36.5 Å². The Morgan fingerprint density at radius 1 is 1.23 bits per heavy atom. The molecule has 1 amide bonds. The van der Waals surface area contributed by atoms with Crippen LogP contribution in [-0.2, 0) is 10.0 Å². The van der Waals surface area contributed by atoms with Crippen LogP contribution in [0, 0.1) is 25.2 Å². The Hall–Kier alpha value is -3.29. The fraction of sp³-hybridized carbons (Fsp3) is 0.333. The molecule has 1 aliphatic heterocycles. The average Bonchev–Trinajstić information content (AvgIpc) is 3.15. The summed E-state index contributed by atoms with van der Waals surface area (Å²) in [4.78, 5) is 19.3. The van der Waals surface area contributed by atoms with Gasteiger partial charge in [0.25, 0.3) is 5.91 Å². The van der Waals surface area contributed by atoms with Crippen molar-refractivity contribution in [2.75, 3.05) is 19.6 Å². The fourth-order valence-electron chi connectivity index (χ4n) is 3.87. The number of carbonyl (C=O) groups excluding carboxylic acids is 1. The van der Waals surface area contributed by atoms with Gasteiger partial charge in [-0.15, -0.1) is 0 Å². The Balaban J connectivity index is 1.55. The highest BCUT2D eigenvalue weighted by atomic mass is 32.2. The second-order valence-electron chi connectivity index (χ2n) is 7.76. The van der Waals surface area contributed by atoms with Crippen molar-refractivity contribution in [1.29, 1.82) is 5.26 Å². The van der Waals surface area contributed by atoms with Crippen molar-refractivity contribution in [1.82, 2.24) is 23.8 Å². The highest BCUT2D eigenvalue weighted by Crippen LogP contribution is 2.25. The zero-order valence-corrected chi connectivity index (χ0v) is 18.3. The summed E-state index contributed by atoms with van der Waals surface area (Å²) in [6.07, 6.45) is 4.98. The van der Waals surface area contributed by atoms with Crippen LogP contribution in [-0.4, -0.2) is 63.8 Å². The molecule has 0 saturated carbocycles. The van der Waals surface area contributed by atoms with Gasteiger partial charge in [-0.05, 0) is 50.1 Å². The molecule has 0 N–H and O–H groups in total. The smallest absolute Gasteiger partial charge is 0.259 e. The van der Waals surface area contributed by atoms with Crippen LogP contribution in [0.3, 0.4) is 0 Å². The number of fused-ring (bicyclic) bond motifs is 1. The zero-order valence-electron chi connectivity index (χ0n) is 17.5. The molecule has 0 bridgehead atoms. The lowest BCUT2D eigenvalue weighted by atomic mass is 10.1. The predicted molar refractivity (Wildman–Crippen MR) is 113 cm³/mol. The number of nitrogens with zero attached hydrogens (tertiary/aromatic N) is 6. The van der Waals surface area contributed by atoms with E-state index in [2.05, 4.69) is 10.1 Å². The fourth-order valence-corrected chi connectivity index (χ4v) is 5.58. The summed E-state index contributed by atoms with van der Waals surface area (Å²) in [5.41, 5.74) is 2.74. The zero-order chi connectivity index (χ0) is 22.3. The van der Waals surface area contributed by atoms with Gasteiger partial charge in [-0.2, -0.15) is 14.7 Å². The molecule has 9 nitrogen and oxygen atoms in total. The normalized spacial score (nSPS) is 17.6. The molecule has 1 aromatic carbocycles. The molecular formula is C21H22N6O3S. The minimum atomic E-state index is -3.74. The first kappa shape index (κ1) is 21.0. The Kier molecular flexibility index (Phi) is 5.24. The van der Waals surface area contributed by atoms with Gasteiger partial charge in [-0.25, -0.2) is 17.9 Å². The van der Waals surface area contributed by atoms with Gasteiger partial charge in [-0.1, -0.05) is 0 Å². The minimum absolute atomic E-state index is 0.180. The SMILES string of the molecule is Cc1cnc2c(C(=O)N3CCN(S(=O)(=O)c4ccc(C#N)cc4C)C[C@@H]3C)cnn2c1. The summed E-state index contributed by atoms with van der Waals surface area (Å²) in [6.45, 7) is 6.03. The molecule has 0 aliphatic carbocycles. The van der Waals surface area contributed by atoms with E-state index in [0.717, 1.165) is 5.56 Å². The molecule has 4 rings (SSSR count). The summed E-state index contributed by atoms with van der Waals surface area (Å²) < 4.78 is 29.3. The largest absolute Gasteiger partial charge is 0.333 e. The summed E-state index contributed by atoms with van der Waals surface area (Å²) in [5.74, 6) is -0.217. The van der Waals surface area contributed by atoms with Crippen molar-refractivity contribution in [2.24, 2.45) is 0 Å². The van der Waals surface area contributed by atoms with Crippen LogP contribution in [0.4, 0.5) is 0 Å². The quantitative estimate of drug-likeness (QED) is 0.616. The number of hydrogen-bond acceptors (Lipinski definition) is 6. The Bertz CT molecular complexity index is 1320. The molecule has 1 fully saturated rings. The van der Waals surface area contributed by atoms with Gasteiger partial charge in [0, 0.05) is 38.1 Å². The number of hydrogen-bond donors (Lipinski definition) is 0. The lowest BCUT2D eigenvalue weighted by Crippen LogP contribution is -2.55. The number of piperazine rings is 1. The van der Waals surface area contributed by atoms with Crippen molar-refractivity contribution in [3.8, 4) is 6.07 Å². The van der Waals surface area contributed by atoms with E-state index in [4.69, 9.17) is 5.26 Å². The molecule has 3 aromatic rings. The number of benzene rings is 1. The molecule has 0 unspecified atom stereocenters. The van der Waals surface area contributed by atoms with Crippen molar-refractivity contribution in [2.45, 2.75) is 31.7 Å². The molecule has 10 heteroatoms. The monoisotopic (exact) mass is 438 g/mol. The van der Waals surface area contributed by atoms with E-state index in [0.29, 0.717) is 22.3 Å². The molecule has 1 aliphatic rings. The van der Waals surface area contributed by atoms with E-state index in [1.165, 1.54) is 22.6 Å². The average molecular weight is 439 g/mol. The van der Waals surface area contributed by atoms with E-state index in [1.807, 2.05) is 19.9 Å². The van der Waals surface area contributed by atoms with Crippen molar-refractivity contribution in [3.05, 3.63) is 59.0 Å². The number of amides is 1. The topological polar surface area (TPSA) is 112 Å². The Morgan fingerprint density at radius 2 is 2.00 bits per heavy atom. The standard InChI is InChI=1S/C21H22N6O3S/c1-14-10-23-20-18(11-24-27(20)12-14)21(28)26-7-6-25(13-16(26)3)31(29,30)19-5-4-17(9-22)8-15(19)2/h4-5,8,10-12,16H,6-7,13H2,1-3H3/t16-/m0/s1. The lowest BCUT2D eigenvalue weighted by molar-refractivity contribution is 0.0593. The van der Waals surface area contributed by atoms with Crippen LogP contribution in [0.5, 0.6) is 0 Å². The molecule has 0 radical (unpaired) electrons. The van der Waals surface area contributed by atoms with E-state index < -0.39 is 10.0 Å². The second-order valence-corrected chi connectivity index (χ2v) is 9.67. The highest BCUT2D eigenvalue weighted by Gasteiger charge is 2.36. The van der Waals surface area contributed by atoms with Gasteiger partial charge >= 0.3 is 0 Å². The Labute approximate surface area is 180 Å². The molecular weight excluding hydrogens is 416 g/mol. The third-order valence-corrected chi connectivity index (χ3v) is 7.51. The van der Waals surface area contributed by atoms with Crippen LogP contribution in [0.1, 0.15) is 34.0 Å². The summed E-state index contributed by atoms with van der Waals surface area (Å²) >= 11 is 0. The van der Waals surface area contributed by atoms with Gasteiger partial charge in [0.15, 0.2) is 5.65 Å². The van der Waals surface area contributed by atoms with Crippen LogP contribution in [0.25, 0.3) is 5.65 Å². The molecule has 1 atom stereocenters. The predicted octanol–water partition coefficient (Wildman–Crippen LogP) is 1.75. The third-order valence-electron chi connectivity index (χ3n) is 5.49. The van der Waals surface area contributed by atoms with E-state index in [1.54, 1.807) is 34.8 Å². The number of sulfonamides is 1. The van der Waals surface area contributed by atoms with Crippen LogP contribution in [0.15, 0.2) is 41.7 Å². The van der Waals surface area contributed by atoms with Gasteiger partial charge in [0.1, 0.15) is 5.56 Å². The lowest BCUT2D eigenvalue weighted by Gasteiger charge is -2.39. The number of aromatic nitrogens is 3. The molecule has 2 aromatic heterocycles. The van der Waals surface area contributed by atoms with Crippen LogP contribution < -0.4 is 0 Å². The van der Waals surface area contributed by atoms with Gasteiger partial charge in [0.05, 0.1) is 22.7 Å². The third kappa shape index (κ3) is 3.66. The van der Waals surface area contributed by atoms with Crippen LogP contribution in [0.2, 0.25) is 0 Å². The second kappa shape index (κ2) is 7.76. The van der Waals surface area contributed by atoms with Gasteiger partial charge in [0.2, 0.25) is 10.0 Å². The van der Waals surface area contributed by atoms with Crippen molar-refractivity contribution in [3.63, 3.8) is 0 Å². The Morgan fingerprint density at radius 3 is 2.68 bits per heavy atom. The molecule has 1 saturated heterocycles. The van der Waals surface area contributed by atoms with Gasteiger partial charge < -0.3 is 4.90 Å². The van der Waals surface area contributed by atoms with Crippen molar-refractivity contribution < 1.29 is 13.2 Å². The van der Waals surface area contributed by atoms with E-state index >= 15 is 0 Å². The summed E-state index contributed by atoms with van der Waals surface area (Å²) in [7, 11) is -3.74. The summed E-state index contributed by atoms with van der Waals surface area (Å²) in [6, 6.07) is 6.23. The van der Waals surface area contributed by atoms with Crippen LogP contribution >= 0.6 is 0 Å². The first-order chi connectivity index (χ1) is 14.7. The molecule has 3 heterocycles. The maximum atomic E-state index is 13.2. The molecule has 160 valence electrons. The number of aryl methyl sites for hydroxylation is 2. The van der Waals surface area contributed by atoms with Crippen molar-refractivity contribution >= 4 is 21.6 Å². The first-order valence-corrected chi connectivity index (χ1v) is 11.3. The molecule has 0 spiro atoms. The number of rotatable bonds is 3. The molecule has 31 heavy (non-hydrogen) atoms. The van der Waals surface area contributed by atoms with E-state index in [9.17, 15) is 13.2 Å². The van der Waals surface area contributed by atoms with Gasteiger partial charge in [-0.3, -0.25) is 4.79 Å². The maximum absolute atomic E-state index is 13.2. The summed E-state index contributed by atoms with van der Waals surface area (Å²) in [5, 5.41) is 13.2. The minimum Gasteiger partial charge on any atom is -0.333 e.